The van der Waals surface area contributed by atoms with Gasteiger partial charge in [0.2, 0.25) is 16.8 Å². The number of carbonyl (C=O) groups excluding carboxylic acids is 3. The number of aryl methyl sites for hydroxylation is 1. The van der Waals surface area contributed by atoms with E-state index in [2.05, 4.69) is 15.5 Å². The maximum atomic E-state index is 12.3. The van der Waals surface area contributed by atoms with Crippen LogP contribution in [0.4, 0.5) is 5.13 Å². The van der Waals surface area contributed by atoms with Crippen LogP contribution in [0.5, 0.6) is 5.75 Å². The van der Waals surface area contributed by atoms with E-state index in [0.717, 1.165) is 5.01 Å². The summed E-state index contributed by atoms with van der Waals surface area (Å²) < 4.78 is 10.2. The number of esters is 1. The van der Waals surface area contributed by atoms with Crippen molar-refractivity contribution in [3.63, 3.8) is 0 Å². The molecule has 1 atom stereocenters. The van der Waals surface area contributed by atoms with E-state index in [1.807, 2.05) is 0 Å². The Morgan fingerprint density at radius 1 is 1.15 bits per heavy atom. The molecule has 0 aliphatic carbocycles. The molecule has 0 saturated carbocycles. The van der Waals surface area contributed by atoms with Gasteiger partial charge in [-0.2, -0.15) is 0 Å². The molecule has 0 aliphatic heterocycles. The van der Waals surface area contributed by atoms with E-state index >= 15 is 0 Å². The Labute approximate surface area is 160 Å². The van der Waals surface area contributed by atoms with Crippen LogP contribution < -0.4 is 10.1 Å². The van der Waals surface area contributed by atoms with Crippen LogP contribution in [0.2, 0.25) is 0 Å². The maximum absolute atomic E-state index is 12.3. The average Bonchev–Trinajstić information content (AvgIpc) is 3.05. The molecular weight excluding hydrogens is 370 g/mol. The Balaban J connectivity index is 1.72. The number of nitrogens with one attached hydrogen (secondary N) is 1. The topological polar surface area (TPSA) is 107 Å². The van der Waals surface area contributed by atoms with Gasteiger partial charge in [0, 0.05) is 18.4 Å². The predicted molar refractivity (Wildman–Crippen MR) is 100 cm³/mol. The van der Waals surface area contributed by atoms with Gasteiger partial charge < -0.3 is 14.8 Å². The third-order valence-electron chi connectivity index (χ3n) is 3.61. The van der Waals surface area contributed by atoms with Crippen LogP contribution in [0, 0.1) is 6.92 Å². The van der Waals surface area contributed by atoms with Crippen molar-refractivity contribution in [2.45, 2.75) is 39.2 Å². The number of methoxy groups -OCH3 is 1. The SMILES string of the molecule is COc1ccc(C(=O)[C@@H](C)OC(=O)CCCC(=O)Nc2nnc(C)s2)cc1. The fraction of sp³-hybridized carbons (Fsp3) is 0.389. The van der Waals surface area contributed by atoms with Gasteiger partial charge in [-0.1, -0.05) is 11.3 Å². The van der Waals surface area contributed by atoms with Crippen molar-refractivity contribution in [2.75, 3.05) is 12.4 Å². The summed E-state index contributed by atoms with van der Waals surface area (Å²) in [5.74, 6) is -0.432. The van der Waals surface area contributed by atoms with Gasteiger partial charge in [-0.15, -0.1) is 10.2 Å². The molecule has 0 aliphatic rings. The molecule has 1 N–H and O–H groups in total. The minimum Gasteiger partial charge on any atom is -0.497 e. The van der Waals surface area contributed by atoms with Crippen LogP contribution in [-0.2, 0) is 14.3 Å². The van der Waals surface area contributed by atoms with Crippen molar-refractivity contribution in [1.29, 1.82) is 0 Å². The first-order valence-electron chi connectivity index (χ1n) is 8.36. The molecule has 0 fully saturated rings. The quantitative estimate of drug-likeness (QED) is 0.517. The summed E-state index contributed by atoms with van der Waals surface area (Å²) in [7, 11) is 1.54. The second-order valence-electron chi connectivity index (χ2n) is 5.75. The normalized spacial score (nSPS) is 11.5. The molecule has 0 radical (unpaired) electrons. The highest BCUT2D eigenvalue weighted by molar-refractivity contribution is 7.15. The molecule has 9 heteroatoms. The van der Waals surface area contributed by atoms with Crippen molar-refractivity contribution in [1.82, 2.24) is 10.2 Å². The lowest BCUT2D eigenvalue weighted by Crippen LogP contribution is -2.24. The van der Waals surface area contributed by atoms with E-state index in [4.69, 9.17) is 9.47 Å². The number of ketones is 1. The molecule has 1 aromatic heterocycles. The highest BCUT2D eigenvalue weighted by atomic mass is 32.1. The molecule has 2 rings (SSSR count). The summed E-state index contributed by atoms with van der Waals surface area (Å²) in [6, 6.07) is 6.57. The molecule has 0 unspecified atom stereocenters. The van der Waals surface area contributed by atoms with Gasteiger partial charge in [0.05, 0.1) is 7.11 Å². The molecule has 8 nitrogen and oxygen atoms in total. The Bertz CT molecular complexity index is 804. The first kappa shape index (κ1) is 20.5. The molecule has 27 heavy (non-hydrogen) atoms. The van der Waals surface area contributed by atoms with Crippen molar-refractivity contribution in [3.05, 3.63) is 34.8 Å². The minimum atomic E-state index is -0.899. The zero-order chi connectivity index (χ0) is 19.8. The van der Waals surface area contributed by atoms with Crippen molar-refractivity contribution in [2.24, 2.45) is 0 Å². The summed E-state index contributed by atoms with van der Waals surface area (Å²) in [6.45, 7) is 3.31. The van der Waals surface area contributed by atoms with Gasteiger partial charge in [0.15, 0.2) is 6.10 Å². The second kappa shape index (κ2) is 9.77. The lowest BCUT2D eigenvalue weighted by Gasteiger charge is -2.12. The highest BCUT2D eigenvalue weighted by Gasteiger charge is 2.19. The standard InChI is InChI=1S/C18H21N3O5S/c1-11(17(24)13-7-9-14(25-3)10-8-13)26-16(23)6-4-5-15(22)19-18-21-20-12(2)27-18/h7-11H,4-6H2,1-3H3,(H,19,21,22)/t11-/m1/s1. The highest BCUT2D eigenvalue weighted by Crippen LogP contribution is 2.15. The molecule has 0 bridgehead atoms. The third-order valence-corrected chi connectivity index (χ3v) is 4.36. The number of Topliss-reactive ketones (excluding diaryl/α,β-unsaturated/α-hetero) is 1. The number of anilines is 1. The van der Waals surface area contributed by atoms with Crippen molar-refractivity contribution in [3.8, 4) is 5.75 Å². The van der Waals surface area contributed by atoms with Crippen LogP contribution in [0.1, 0.15) is 41.6 Å². The van der Waals surface area contributed by atoms with Gasteiger partial charge in [-0.3, -0.25) is 14.4 Å². The Kier molecular flexibility index (Phi) is 7.42. The van der Waals surface area contributed by atoms with Crippen LogP contribution in [0.3, 0.4) is 0 Å². The van der Waals surface area contributed by atoms with Gasteiger partial charge in [0.25, 0.3) is 0 Å². The number of hydrogen-bond donors (Lipinski definition) is 1. The van der Waals surface area contributed by atoms with E-state index in [-0.39, 0.29) is 24.5 Å². The lowest BCUT2D eigenvalue weighted by atomic mass is 10.1. The number of carbonyl (C=O) groups is 3. The van der Waals surface area contributed by atoms with E-state index < -0.39 is 12.1 Å². The number of aromatic nitrogens is 2. The Morgan fingerprint density at radius 2 is 1.85 bits per heavy atom. The van der Waals surface area contributed by atoms with Gasteiger partial charge in [0.1, 0.15) is 10.8 Å². The molecule has 0 spiro atoms. The monoisotopic (exact) mass is 391 g/mol. The number of nitrogens with zero attached hydrogens (tertiary/aromatic N) is 2. The van der Waals surface area contributed by atoms with Gasteiger partial charge in [-0.05, 0) is 44.5 Å². The predicted octanol–water partition coefficient (Wildman–Crippen LogP) is 2.78. The summed E-state index contributed by atoms with van der Waals surface area (Å²) in [5, 5.41) is 11.4. The largest absolute Gasteiger partial charge is 0.497 e. The van der Waals surface area contributed by atoms with Crippen LogP contribution in [0.15, 0.2) is 24.3 Å². The average molecular weight is 391 g/mol. The fourth-order valence-electron chi connectivity index (χ4n) is 2.22. The molecule has 1 aromatic carbocycles. The molecule has 0 saturated heterocycles. The maximum Gasteiger partial charge on any atom is 0.306 e. The number of hydrogen-bond acceptors (Lipinski definition) is 8. The minimum absolute atomic E-state index is 0.0444. The molecular formula is C18H21N3O5S. The first-order valence-corrected chi connectivity index (χ1v) is 9.18. The third kappa shape index (κ3) is 6.45. The summed E-state index contributed by atoms with van der Waals surface area (Å²) in [5.41, 5.74) is 0.433. The number of ether oxygens (including phenoxy) is 2. The number of amides is 1. The van der Waals surface area contributed by atoms with Crippen molar-refractivity contribution >= 4 is 34.1 Å². The summed E-state index contributed by atoms with van der Waals surface area (Å²) in [6.07, 6.45) is -0.396. The Morgan fingerprint density at radius 3 is 2.44 bits per heavy atom. The van der Waals surface area contributed by atoms with Crippen LogP contribution in [0.25, 0.3) is 0 Å². The zero-order valence-electron chi connectivity index (χ0n) is 15.4. The molecule has 2 aromatic rings. The smallest absolute Gasteiger partial charge is 0.306 e. The molecule has 1 heterocycles. The molecule has 144 valence electrons. The fourth-order valence-corrected chi connectivity index (χ4v) is 2.83. The van der Waals surface area contributed by atoms with Crippen molar-refractivity contribution < 1.29 is 23.9 Å². The van der Waals surface area contributed by atoms with E-state index in [9.17, 15) is 14.4 Å². The second-order valence-corrected chi connectivity index (χ2v) is 6.93. The lowest BCUT2D eigenvalue weighted by molar-refractivity contribution is -0.146. The first-order chi connectivity index (χ1) is 12.9. The number of rotatable bonds is 9. The summed E-state index contributed by atoms with van der Waals surface area (Å²) in [4.78, 5) is 35.9. The summed E-state index contributed by atoms with van der Waals surface area (Å²) >= 11 is 1.28. The van der Waals surface area contributed by atoms with Crippen LogP contribution >= 0.6 is 11.3 Å². The van der Waals surface area contributed by atoms with E-state index in [0.29, 0.717) is 22.9 Å². The number of benzene rings is 1. The Hall–Kier alpha value is -2.81. The van der Waals surface area contributed by atoms with E-state index in [1.54, 1.807) is 31.2 Å². The van der Waals surface area contributed by atoms with Crippen LogP contribution in [-0.4, -0.2) is 41.1 Å². The zero-order valence-corrected chi connectivity index (χ0v) is 16.2. The molecule has 1 amide bonds. The van der Waals surface area contributed by atoms with E-state index in [1.165, 1.54) is 25.4 Å². The van der Waals surface area contributed by atoms with Gasteiger partial charge in [-0.25, -0.2) is 0 Å². The van der Waals surface area contributed by atoms with Gasteiger partial charge >= 0.3 is 5.97 Å².